The number of halogens is 3. The molecule has 1 aromatic heterocycles. The van der Waals surface area contributed by atoms with Crippen LogP contribution in [-0.4, -0.2) is 45.9 Å². The van der Waals surface area contributed by atoms with Gasteiger partial charge in [0.25, 0.3) is 10.0 Å². The van der Waals surface area contributed by atoms with Crippen molar-refractivity contribution >= 4 is 39.0 Å². The fourth-order valence-corrected chi connectivity index (χ4v) is 7.21. The highest BCUT2D eigenvalue weighted by Gasteiger charge is 2.35. The molecule has 0 bridgehead atoms. The number of nitrogens with two attached hydrogens (primary N) is 2. The van der Waals surface area contributed by atoms with E-state index in [0.29, 0.717) is 66.8 Å². The molecule has 218 valence electrons. The smallest absolute Gasteiger partial charge is 0.417 e. The first-order valence-electron chi connectivity index (χ1n) is 11.7. The van der Waals surface area contributed by atoms with Crippen LogP contribution in [0.1, 0.15) is 24.0 Å². The number of nitrogens with zero attached hydrogens (tertiary/aromatic N) is 1. The van der Waals surface area contributed by atoms with Gasteiger partial charge in [0.15, 0.2) is 11.5 Å². The molecule has 1 heterocycles. The first kappa shape index (κ1) is 31.6. The van der Waals surface area contributed by atoms with Gasteiger partial charge in [0.05, 0.1) is 30.4 Å². The molecule has 0 radical (unpaired) electrons. The summed E-state index contributed by atoms with van der Waals surface area (Å²) in [5.74, 6) is 0.0924. The molecule has 40 heavy (non-hydrogen) atoms. The van der Waals surface area contributed by atoms with Crippen molar-refractivity contribution in [1.82, 2.24) is 4.72 Å². The Morgan fingerprint density at radius 2 is 1.68 bits per heavy atom. The summed E-state index contributed by atoms with van der Waals surface area (Å²) in [6.45, 7) is 1.43. The maximum absolute atomic E-state index is 13.2. The number of hydrogen-bond donors (Lipinski definition) is 4. The van der Waals surface area contributed by atoms with Crippen LogP contribution in [0.4, 0.5) is 13.2 Å². The minimum absolute atomic E-state index is 0.202. The molecule has 0 aliphatic heterocycles. The molecule has 0 saturated carbocycles. The van der Waals surface area contributed by atoms with Crippen LogP contribution in [0, 0.1) is 11.3 Å². The molecule has 17 heteroatoms. The Kier molecular flexibility index (Phi) is 10.4. The molecule has 0 aliphatic carbocycles. The molecule has 3 rings (SSSR count). The standard InChI is InChI=1S/C23H26F3N4O7PS2/c24-23(25,26)18-11-17(4-3-15(18)13-29)37-38(31,32)14-30-40(33,34)22-10-16-9-19(35-7-1-5-27)20(12-21(16)39-22)36-8-2-6-28/h3-4,9-12,30H,1-2,5-8,14,27-28H2,(H,31,32). The van der Waals surface area contributed by atoms with Gasteiger partial charge in [0.2, 0.25) is 0 Å². The van der Waals surface area contributed by atoms with Gasteiger partial charge < -0.3 is 30.4 Å². The number of rotatable bonds is 14. The summed E-state index contributed by atoms with van der Waals surface area (Å²) in [6.07, 6.45) is -4.89. The molecule has 3 aromatic rings. The first-order chi connectivity index (χ1) is 18.8. The lowest BCUT2D eigenvalue weighted by molar-refractivity contribution is -0.137. The van der Waals surface area contributed by atoms with Crippen molar-refractivity contribution in [2.24, 2.45) is 11.5 Å². The molecule has 1 unspecified atom stereocenters. The monoisotopic (exact) mass is 622 g/mol. The molecule has 0 fully saturated rings. The van der Waals surface area contributed by atoms with E-state index in [1.54, 1.807) is 12.1 Å². The van der Waals surface area contributed by atoms with Crippen LogP contribution < -0.4 is 30.2 Å². The van der Waals surface area contributed by atoms with Crippen LogP contribution in [0.2, 0.25) is 0 Å². The number of hydrogen-bond acceptors (Lipinski definition) is 10. The fourth-order valence-electron chi connectivity index (χ4n) is 3.26. The lowest BCUT2D eigenvalue weighted by atomic mass is 10.1. The molecule has 0 spiro atoms. The Morgan fingerprint density at radius 3 is 2.25 bits per heavy atom. The first-order valence-corrected chi connectivity index (χ1v) is 15.7. The predicted molar refractivity (Wildman–Crippen MR) is 142 cm³/mol. The van der Waals surface area contributed by atoms with E-state index in [0.717, 1.165) is 23.5 Å². The largest absolute Gasteiger partial charge is 0.490 e. The Labute approximate surface area is 232 Å². The lowest BCUT2D eigenvalue weighted by Crippen LogP contribution is -2.25. The molecule has 2 aromatic carbocycles. The zero-order valence-electron chi connectivity index (χ0n) is 20.8. The third-order valence-electron chi connectivity index (χ3n) is 5.16. The molecule has 11 nitrogen and oxygen atoms in total. The summed E-state index contributed by atoms with van der Waals surface area (Å²) in [4.78, 5) is 10.1. The van der Waals surface area contributed by atoms with E-state index in [1.165, 1.54) is 12.1 Å². The van der Waals surface area contributed by atoms with Gasteiger partial charge >= 0.3 is 13.8 Å². The average molecular weight is 623 g/mol. The van der Waals surface area contributed by atoms with E-state index in [4.69, 9.17) is 30.7 Å². The van der Waals surface area contributed by atoms with E-state index < -0.39 is 47.0 Å². The lowest BCUT2D eigenvalue weighted by Gasteiger charge is -2.16. The van der Waals surface area contributed by atoms with Crippen LogP contribution in [0.3, 0.4) is 0 Å². The Bertz CT molecular complexity index is 1490. The van der Waals surface area contributed by atoms with Gasteiger partial charge in [-0.3, -0.25) is 0 Å². The summed E-state index contributed by atoms with van der Waals surface area (Å²) in [5.41, 5.74) is 8.94. The molecule has 0 aliphatic rings. The van der Waals surface area contributed by atoms with Gasteiger partial charge in [-0.05, 0) is 61.6 Å². The average Bonchev–Trinajstić information content (AvgIpc) is 3.31. The molecule has 6 N–H and O–H groups in total. The summed E-state index contributed by atoms with van der Waals surface area (Å²) in [7, 11) is -9.14. The van der Waals surface area contributed by atoms with E-state index in [9.17, 15) is 31.0 Å². The minimum atomic E-state index is -4.92. The van der Waals surface area contributed by atoms with Crippen molar-refractivity contribution in [3.05, 3.63) is 47.5 Å². The number of nitrogens with one attached hydrogen (secondary N) is 1. The highest BCUT2D eigenvalue weighted by atomic mass is 32.2. The van der Waals surface area contributed by atoms with Gasteiger partial charge in [-0.1, -0.05) is 0 Å². The van der Waals surface area contributed by atoms with Crippen LogP contribution in [0.5, 0.6) is 17.2 Å². The van der Waals surface area contributed by atoms with E-state index >= 15 is 0 Å². The zero-order valence-corrected chi connectivity index (χ0v) is 23.3. The van der Waals surface area contributed by atoms with Crippen LogP contribution in [0.25, 0.3) is 10.1 Å². The Balaban J connectivity index is 1.79. The molecule has 0 saturated heterocycles. The van der Waals surface area contributed by atoms with Crippen LogP contribution in [-0.2, 0) is 20.8 Å². The number of benzene rings is 2. The predicted octanol–water partition coefficient (Wildman–Crippen LogP) is 3.75. The van der Waals surface area contributed by atoms with Crippen LogP contribution >= 0.6 is 18.9 Å². The number of thiophene rings is 1. The molecular weight excluding hydrogens is 596 g/mol. The van der Waals surface area contributed by atoms with Gasteiger partial charge in [-0.15, -0.1) is 11.3 Å². The zero-order chi connectivity index (χ0) is 29.6. The normalized spacial score (nSPS) is 13.5. The van der Waals surface area contributed by atoms with Gasteiger partial charge in [-0.2, -0.15) is 23.2 Å². The van der Waals surface area contributed by atoms with Crippen molar-refractivity contribution in [3.8, 4) is 23.3 Å². The topological polar surface area (TPSA) is 187 Å². The maximum Gasteiger partial charge on any atom is 0.417 e. The van der Waals surface area contributed by atoms with Crippen molar-refractivity contribution < 1.29 is 45.0 Å². The van der Waals surface area contributed by atoms with Crippen LogP contribution in [0.15, 0.2) is 40.6 Å². The maximum atomic E-state index is 13.2. The quantitative estimate of drug-likeness (QED) is 0.152. The Morgan fingerprint density at radius 1 is 1.05 bits per heavy atom. The Hall–Kier alpha value is -2.90. The van der Waals surface area contributed by atoms with E-state index in [-0.39, 0.29) is 4.21 Å². The summed E-state index contributed by atoms with van der Waals surface area (Å²) >= 11 is 0.860. The van der Waals surface area contributed by atoms with E-state index in [1.807, 2.05) is 4.72 Å². The second-order valence-corrected chi connectivity index (χ2v) is 13.1. The number of nitriles is 1. The van der Waals surface area contributed by atoms with Crippen molar-refractivity contribution in [2.75, 3.05) is 32.6 Å². The molecule has 1 atom stereocenters. The van der Waals surface area contributed by atoms with Gasteiger partial charge in [-0.25, -0.2) is 13.0 Å². The summed E-state index contributed by atoms with van der Waals surface area (Å²) in [5, 5.41) is 9.37. The molecular formula is C23H26F3N4O7PS2. The van der Waals surface area contributed by atoms with Gasteiger partial charge in [0.1, 0.15) is 16.2 Å². The minimum Gasteiger partial charge on any atom is -0.490 e. The summed E-state index contributed by atoms with van der Waals surface area (Å²) in [6, 6.07) is 7.99. The van der Waals surface area contributed by atoms with Gasteiger partial charge in [0, 0.05) is 10.8 Å². The second-order valence-electron chi connectivity index (χ2n) is 8.24. The van der Waals surface area contributed by atoms with Crippen molar-refractivity contribution in [2.45, 2.75) is 23.2 Å². The number of ether oxygens (including phenoxy) is 2. The molecule has 0 amide bonds. The fraction of sp³-hybridized carbons (Fsp3) is 0.348. The van der Waals surface area contributed by atoms with Crippen molar-refractivity contribution in [1.29, 1.82) is 5.26 Å². The van der Waals surface area contributed by atoms with E-state index in [2.05, 4.69) is 0 Å². The summed E-state index contributed by atoms with van der Waals surface area (Å²) < 4.78 is 96.4. The third kappa shape index (κ3) is 8.31. The van der Waals surface area contributed by atoms with Crippen molar-refractivity contribution in [3.63, 3.8) is 0 Å². The highest BCUT2D eigenvalue weighted by molar-refractivity contribution is 7.92. The SMILES string of the molecule is N#Cc1ccc(OP(=O)(O)CNS(=O)(=O)c2cc3cc(OCCCN)c(OCCCN)cc3s2)cc1C(F)(F)F. The number of alkyl halides is 3. The highest BCUT2D eigenvalue weighted by Crippen LogP contribution is 2.44. The number of sulfonamides is 1. The number of fused-ring (bicyclic) bond motifs is 1. The third-order valence-corrected chi connectivity index (χ3v) is 9.40. The second kappa shape index (κ2) is 13.2.